The predicted molar refractivity (Wildman–Crippen MR) is 113 cm³/mol. The highest BCUT2D eigenvalue weighted by Crippen LogP contribution is 2.36. The van der Waals surface area contributed by atoms with Gasteiger partial charge in [-0.3, -0.25) is 14.6 Å². The minimum atomic E-state index is -0.0703. The first kappa shape index (κ1) is 20.8. The van der Waals surface area contributed by atoms with E-state index in [9.17, 15) is 9.59 Å². The Hall–Kier alpha value is -2.89. The number of aromatic nitrogens is 1. The molecular formula is C23H29N3O3. The summed E-state index contributed by atoms with van der Waals surface area (Å²) >= 11 is 0. The van der Waals surface area contributed by atoms with Gasteiger partial charge in [0.15, 0.2) is 6.61 Å². The van der Waals surface area contributed by atoms with Crippen LogP contribution in [0.15, 0.2) is 42.6 Å². The molecule has 1 aliphatic rings. The Balaban J connectivity index is 1.52. The Morgan fingerprint density at radius 1 is 1.24 bits per heavy atom. The minimum absolute atomic E-state index is 0.00898. The summed E-state index contributed by atoms with van der Waals surface area (Å²) in [6, 6.07) is 11.8. The van der Waals surface area contributed by atoms with E-state index in [2.05, 4.69) is 31.1 Å². The number of ether oxygens (including phenoxy) is 1. The SMILES string of the molecule is CC(C)(C)c1ccc2c(c1)N(CCCC(=O)NCCc1ccccn1)C(=O)CO2. The zero-order valence-corrected chi connectivity index (χ0v) is 17.4. The molecule has 0 saturated carbocycles. The van der Waals surface area contributed by atoms with Gasteiger partial charge >= 0.3 is 0 Å². The molecule has 0 spiro atoms. The third-order valence-corrected chi connectivity index (χ3v) is 4.98. The number of nitrogens with zero attached hydrogens (tertiary/aromatic N) is 2. The summed E-state index contributed by atoms with van der Waals surface area (Å²) in [5, 5.41) is 2.92. The van der Waals surface area contributed by atoms with Crippen molar-refractivity contribution >= 4 is 17.5 Å². The van der Waals surface area contributed by atoms with Crippen LogP contribution < -0.4 is 15.0 Å². The lowest BCUT2D eigenvalue weighted by Crippen LogP contribution is -2.40. The molecule has 2 heterocycles. The molecule has 1 aromatic heterocycles. The molecule has 0 aliphatic carbocycles. The molecule has 0 fully saturated rings. The molecule has 6 nitrogen and oxygen atoms in total. The van der Waals surface area contributed by atoms with Gasteiger partial charge in [-0.15, -0.1) is 0 Å². The number of benzene rings is 1. The largest absolute Gasteiger partial charge is 0.482 e. The fraction of sp³-hybridized carbons (Fsp3) is 0.435. The molecule has 2 amide bonds. The van der Waals surface area contributed by atoms with Crippen molar-refractivity contribution in [1.29, 1.82) is 0 Å². The van der Waals surface area contributed by atoms with Crippen LogP contribution in [0.3, 0.4) is 0 Å². The van der Waals surface area contributed by atoms with E-state index < -0.39 is 0 Å². The summed E-state index contributed by atoms with van der Waals surface area (Å²) < 4.78 is 5.58. The number of fused-ring (bicyclic) bond motifs is 1. The molecule has 29 heavy (non-hydrogen) atoms. The van der Waals surface area contributed by atoms with E-state index in [-0.39, 0.29) is 23.8 Å². The van der Waals surface area contributed by atoms with Crippen LogP contribution >= 0.6 is 0 Å². The molecule has 0 saturated heterocycles. The molecule has 0 unspecified atom stereocenters. The third kappa shape index (κ3) is 5.56. The second-order valence-corrected chi connectivity index (χ2v) is 8.29. The van der Waals surface area contributed by atoms with Gasteiger partial charge in [-0.1, -0.05) is 32.9 Å². The van der Waals surface area contributed by atoms with Crippen molar-refractivity contribution in [1.82, 2.24) is 10.3 Å². The fourth-order valence-corrected chi connectivity index (χ4v) is 3.28. The lowest BCUT2D eigenvalue weighted by atomic mass is 9.86. The first-order valence-electron chi connectivity index (χ1n) is 10.1. The zero-order valence-electron chi connectivity index (χ0n) is 17.4. The van der Waals surface area contributed by atoms with E-state index in [0.717, 1.165) is 22.7 Å². The molecular weight excluding hydrogens is 366 g/mol. The van der Waals surface area contributed by atoms with Crippen LogP contribution in [0, 0.1) is 0 Å². The normalized spacial score (nSPS) is 13.6. The van der Waals surface area contributed by atoms with E-state index in [4.69, 9.17) is 4.74 Å². The van der Waals surface area contributed by atoms with Crippen LogP contribution in [0.5, 0.6) is 5.75 Å². The number of anilines is 1. The van der Waals surface area contributed by atoms with E-state index in [1.165, 1.54) is 0 Å². The van der Waals surface area contributed by atoms with Gasteiger partial charge in [-0.25, -0.2) is 0 Å². The van der Waals surface area contributed by atoms with Gasteiger partial charge in [0.25, 0.3) is 5.91 Å². The van der Waals surface area contributed by atoms with E-state index in [1.54, 1.807) is 11.1 Å². The first-order valence-corrected chi connectivity index (χ1v) is 10.1. The van der Waals surface area contributed by atoms with Gasteiger partial charge in [0.2, 0.25) is 5.91 Å². The molecule has 1 aromatic carbocycles. The summed E-state index contributed by atoms with van der Waals surface area (Å²) in [7, 11) is 0. The van der Waals surface area contributed by atoms with Crippen molar-refractivity contribution in [2.75, 3.05) is 24.6 Å². The Kier molecular flexibility index (Phi) is 6.52. The second-order valence-electron chi connectivity index (χ2n) is 8.29. The number of amides is 2. The maximum atomic E-state index is 12.4. The molecule has 0 radical (unpaired) electrons. The standard InChI is InChI=1S/C23H29N3O3/c1-23(2,3)17-9-10-20-19(15-17)26(22(28)16-29-20)14-6-8-21(27)25-13-11-18-7-4-5-12-24-18/h4-5,7,9-10,12,15H,6,8,11,13-14,16H2,1-3H3,(H,25,27). The molecule has 2 aromatic rings. The number of nitrogens with one attached hydrogen (secondary N) is 1. The Morgan fingerprint density at radius 2 is 2.07 bits per heavy atom. The maximum absolute atomic E-state index is 12.4. The number of pyridine rings is 1. The van der Waals surface area contributed by atoms with Crippen LogP contribution in [0.25, 0.3) is 0 Å². The molecule has 0 bridgehead atoms. The van der Waals surface area contributed by atoms with Crippen molar-refractivity contribution in [2.45, 2.75) is 45.4 Å². The average molecular weight is 396 g/mol. The van der Waals surface area contributed by atoms with Crippen LogP contribution in [-0.2, 0) is 21.4 Å². The van der Waals surface area contributed by atoms with Crippen molar-refractivity contribution in [3.05, 3.63) is 53.9 Å². The van der Waals surface area contributed by atoms with Crippen LogP contribution in [0.1, 0.15) is 44.9 Å². The fourth-order valence-electron chi connectivity index (χ4n) is 3.28. The molecule has 0 atom stereocenters. The van der Waals surface area contributed by atoms with Gasteiger partial charge < -0.3 is 15.0 Å². The van der Waals surface area contributed by atoms with Crippen molar-refractivity contribution < 1.29 is 14.3 Å². The monoisotopic (exact) mass is 395 g/mol. The summed E-state index contributed by atoms with van der Waals surface area (Å²) in [4.78, 5) is 30.5. The lowest BCUT2D eigenvalue weighted by Gasteiger charge is -2.31. The van der Waals surface area contributed by atoms with Gasteiger partial charge in [-0.05, 0) is 41.7 Å². The minimum Gasteiger partial charge on any atom is -0.482 e. The number of carbonyl (C=O) groups excluding carboxylic acids is 2. The smallest absolute Gasteiger partial charge is 0.265 e. The lowest BCUT2D eigenvalue weighted by molar-refractivity contribution is -0.122. The highest BCUT2D eigenvalue weighted by atomic mass is 16.5. The number of hydrogen-bond donors (Lipinski definition) is 1. The third-order valence-electron chi connectivity index (χ3n) is 4.98. The number of rotatable bonds is 7. The van der Waals surface area contributed by atoms with Crippen LogP contribution in [0.4, 0.5) is 5.69 Å². The van der Waals surface area contributed by atoms with Crippen molar-refractivity contribution in [2.24, 2.45) is 0 Å². The van der Waals surface area contributed by atoms with Crippen LogP contribution in [0.2, 0.25) is 0 Å². The number of hydrogen-bond acceptors (Lipinski definition) is 4. The summed E-state index contributed by atoms with van der Waals surface area (Å²) in [5.74, 6) is 0.641. The zero-order chi connectivity index (χ0) is 20.9. The number of carbonyl (C=O) groups is 2. The summed E-state index contributed by atoms with van der Waals surface area (Å²) in [6.45, 7) is 7.51. The topological polar surface area (TPSA) is 71.5 Å². The average Bonchev–Trinajstić information content (AvgIpc) is 2.69. The summed E-state index contributed by atoms with van der Waals surface area (Å²) in [6.07, 6.45) is 3.43. The highest BCUT2D eigenvalue weighted by molar-refractivity contribution is 5.98. The Labute approximate surface area is 172 Å². The predicted octanol–water partition coefficient (Wildman–Crippen LogP) is 3.24. The molecule has 6 heteroatoms. The molecule has 154 valence electrons. The van der Waals surface area contributed by atoms with Gasteiger partial charge in [0, 0.05) is 37.8 Å². The van der Waals surface area contributed by atoms with Crippen molar-refractivity contribution in [3.8, 4) is 5.75 Å². The molecule has 3 rings (SSSR count). The van der Waals surface area contributed by atoms with Crippen LogP contribution in [-0.4, -0.2) is 36.5 Å². The molecule has 1 N–H and O–H groups in total. The Morgan fingerprint density at radius 3 is 2.79 bits per heavy atom. The highest BCUT2D eigenvalue weighted by Gasteiger charge is 2.27. The van der Waals surface area contributed by atoms with E-state index in [1.807, 2.05) is 36.4 Å². The second kappa shape index (κ2) is 9.07. The first-order chi connectivity index (χ1) is 13.8. The van der Waals surface area contributed by atoms with E-state index in [0.29, 0.717) is 32.4 Å². The van der Waals surface area contributed by atoms with Crippen molar-refractivity contribution in [3.63, 3.8) is 0 Å². The van der Waals surface area contributed by atoms with Gasteiger partial charge in [-0.2, -0.15) is 0 Å². The van der Waals surface area contributed by atoms with Gasteiger partial charge in [0.1, 0.15) is 5.75 Å². The molecule has 1 aliphatic heterocycles. The van der Waals surface area contributed by atoms with E-state index >= 15 is 0 Å². The maximum Gasteiger partial charge on any atom is 0.265 e. The summed E-state index contributed by atoms with van der Waals surface area (Å²) in [5.41, 5.74) is 2.88. The van der Waals surface area contributed by atoms with Gasteiger partial charge in [0.05, 0.1) is 5.69 Å². The Bertz CT molecular complexity index is 859. The quantitative estimate of drug-likeness (QED) is 0.781.